The molecule has 0 amide bonds. The second-order valence-electron chi connectivity index (χ2n) is 4.04. The van der Waals surface area contributed by atoms with Gasteiger partial charge in [-0.1, -0.05) is 6.07 Å². The molecule has 0 fully saturated rings. The van der Waals surface area contributed by atoms with Crippen LogP contribution in [0.1, 0.15) is 11.3 Å². The highest BCUT2D eigenvalue weighted by Crippen LogP contribution is 2.31. The minimum absolute atomic E-state index is 0.431. The van der Waals surface area contributed by atoms with Gasteiger partial charge in [-0.3, -0.25) is 0 Å². The number of nitrogens with zero attached hydrogens (tertiary/aromatic N) is 2. The molecule has 0 unspecified atom stereocenters. The number of anilines is 1. The van der Waals surface area contributed by atoms with Crippen molar-refractivity contribution in [3.05, 3.63) is 33.9 Å². The number of hydrogen-bond acceptors (Lipinski definition) is 4. The van der Waals surface area contributed by atoms with Crippen LogP contribution in [0, 0.1) is 13.8 Å². The van der Waals surface area contributed by atoms with Crippen LogP contribution in [0.5, 0.6) is 5.75 Å². The monoisotopic (exact) mass is 307 g/mol. The average Bonchev–Trinajstić information content (AvgIpc) is 2.35. The Balaban J connectivity index is 2.62. The number of aryl methyl sites for hydroxylation is 2. The number of benzene rings is 1. The highest BCUT2D eigenvalue weighted by atomic mass is 79.9. The Labute approximate surface area is 114 Å². The molecule has 94 valence electrons. The van der Waals surface area contributed by atoms with Crippen LogP contribution < -0.4 is 10.5 Å². The minimum Gasteiger partial charge on any atom is -0.496 e. The summed E-state index contributed by atoms with van der Waals surface area (Å²) in [5.41, 5.74) is 8.61. The smallest absolute Gasteiger partial charge is 0.165 e. The molecule has 4 nitrogen and oxygen atoms in total. The van der Waals surface area contributed by atoms with Gasteiger partial charge in [0.2, 0.25) is 0 Å². The second kappa shape index (κ2) is 4.94. The molecule has 0 bridgehead atoms. The van der Waals surface area contributed by atoms with E-state index in [4.69, 9.17) is 10.5 Å². The summed E-state index contributed by atoms with van der Waals surface area (Å²) in [5, 5.41) is 0. The van der Waals surface area contributed by atoms with Gasteiger partial charge in [0, 0.05) is 0 Å². The Kier molecular flexibility index (Phi) is 3.52. The van der Waals surface area contributed by atoms with E-state index in [2.05, 4.69) is 25.9 Å². The van der Waals surface area contributed by atoms with Crippen molar-refractivity contribution in [2.75, 3.05) is 12.8 Å². The molecule has 0 saturated carbocycles. The summed E-state index contributed by atoms with van der Waals surface area (Å²) in [6, 6.07) is 5.89. The number of hydrogen-bond donors (Lipinski definition) is 1. The van der Waals surface area contributed by atoms with Crippen LogP contribution in [0.3, 0.4) is 0 Å². The quantitative estimate of drug-likeness (QED) is 0.926. The lowest BCUT2D eigenvalue weighted by atomic mass is 10.1. The van der Waals surface area contributed by atoms with Crippen molar-refractivity contribution >= 4 is 21.7 Å². The van der Waals surface area contributed by atoms with Gasteiger partial charge in [0.1, 0.15) is 11.6 Å². The largest absolute Gasteiger partial charge is 0.496 e. The van der Waals surface area contributed by atoms with Crippen LogP contribution in [0.25, 0.3) is 11.4 Å². The Morgan fingerprint density at radius 2 is 1.94 bits per heavy atom. The van der Waals surface area contributed by atoms with Crippen LogP contribution in [0.2, 0.25) is 0 Å². The molecule has 2 aromatic rings. The molecule has 2 rings (SSSR count). The topological polar surface area (TPSA) is 61.0 Å². The van der Waals surface area contributed by atoms with Crippen molar-refractivity contribution in [2.45, 2.75) is 13.8 Å². The fraction of sp³-hybridized carbons (Fsp3) is 0.231. The molecule has 1 aromatic carbocycles. The molecule has 0 radical (unpaired) electrons. The summed E-state index contributed by atoms with van der Waals surface area (Å²) >= 11 is 3.35. The minimum atomic E-state index is 0.431. The highest BCUT2D eigenvalue weighted by Gasteiger charge is 2.12. The van der Waals surface area contributed by atoms with E-state index in [1.165, 1.54) is 0 Å². The third kappa shape index (κ3) is 2.31. The van der Waals surface area contributed by atoms with Gasteiger partial charge < -0.3 is 10.5 Å². The lowest BCUT2D eigenvalue weighted by molar-refractivity contribution is 0.416. The molecule has 5 heteroatoms. The van der Waals surface area contributed by atoms with E-state index in [9.17, 15) is 0 Å². The highest BCUT2D eigenvalue weighted by molar-refractivity contribution is 9.10. The maximum Gasteiger partial charge on any atom is 0.165 e. The molecule has 0 aliphatic rings. The number of nitrogens with two attached hydrogens (primary N) is 1. The lowest BCUT2D eigenvalue weighted by Crippen LogP contribution is -2.01. The zero-order valence-corrected chi connectivity index (χ0v) is 12.1. The van der Waals surface area contributed by atoms with Gasteiger partial charge >= 0.3 is 0 Å². The maximum absolute atomic E-state index is 5.84. The first-order valence-electron chi connectivity index (χ1n) is 5.47. The van der Waals surface area contributed by atoms with Crippen molar-refractivity contribution in [3.63, 3.8) is 0 Å². The van der Waals surface area contributed by atoms with Crippen LogP contribution in [-0.4, -0.2) is 17.1 Å². The Hall–Kier alpha value is -1.62. The number of rotatable bonds is 2. The zero-order valence-electron chi connectivity index (χ0n) is 10.5. The van der Waals surface area contributed by atoms with Gasteiger partial charge in [0.25, 0.3) is 0 Å². The predicted molar refractivity (Wildman–Crippen MR) is 75.6 cm³/mol. The number of methoxy groups -OCH3 is 1. The standard InChI is InChI=1S/C13H14BrN3O/c1-7-4-5-9(10(6-7)18-3)13-16-8(2)11(14)12(15)17-13/h4-6H,1-3H3,(H2,15,16,17). The summed E-state index contributed by atoms with van der Waals surface area (Å²) in [6.07, 6.45) is 0. The Morgan fingerprint density at radius 1 is 1.22 bits per heavy atom. The van der Waals surface area contributed by atoms with E-state index >= 15 is 0 Å². The van der Waals surface area contributed by atoms with Crippen LogP contribution in [0.4, 0.5) is 5.82 Å². The molecule has 18 heavy (non-hydrogen) atoms. The van der Waals surface area contributed by atoms with Crippen molar-refractivity contribution < 1.29 is 4.74 Å². The zero-order chi connectivity index (χ0) is 13.3. The SMILES string of the molecule is COc1cc(C)ccc1-c1nc(C)c(Br)c(N)n1. The van der Waals surface area contributed by atoms with Gasteiger partial charge in [0.15, 0.2) is 5.82 Å². The third-order valence-corrected chi connectivity index (χ3v) is 3.62. The molecule has 0 spiro atoms. The fourth-order valence-electron chi connectivity index (χ4n) is 1.69. The lowest BCUT2D eigenvalue weighted by Gasteiger charge is -2.10. The molecule has 0 saturated heterocycles. The number of aromatic nitrogens is 2. The molecular weight excluding hydrogens is 294 g/mol. The normalized spacial score (nSPS) is 10.4. The summed E-state index contributed by atoms with van der Waals surface area (Å²) in [5.74, 6) is 1.75. The van der Waals surface area contributed by atoms with Gasteiger partial charge in [0.05, 0.1) is 22.8 Å². The molecule has 0 atom stereocenters. The molecular formula is C13H14BrN3O. The van der Waals surface area contributed by atoms with E-state index in [-0.39, 0.29) is 0 Å². The molecule has 0 aliphatic heterocycles. The molecule has 2 N–H and O–H groups in total. The summed E-state index contributed by atoms with van der Waals surface area (Å²) < 4.78 is 6.09. The first kappa shape index (κ1) is 12.8. The first-order valence-corrected chi connectivity index (χ1v) is 6.27. The van der Waals surface area contributed by atoms with E-state index in [1.807, 2.05) is 32.0 Å². The fourth-order valence-corrected chi connectivity index (χ4v) is 1.86. The number of halogens is 1. The second-order valence-corrected chi connectivity index (χ2v) is 4.83. The van der Waals surface area contributed by atoms with Crippen LogP contribution in [-0.2, 0) is 0 Å². The summed E-state index contributed by atoms with van der Waals surface area (Å²) in [6.45, 7) is 3.89. The molecule has 1 aromatic heterocycles. The van der Waals surface area contributed by atoms with E-state index in [1.54, 1.807) is 7.11 Å². The van der Waals surface area contributed by atoms with Crippen molar-refractivity contribution in [1.82, 2.24) is 9.97 Å². The number of ether oxygens (including phenoxy) is 1. The van der Waals surface area contributed by atoms with Crippen molar-refractivity contribution in [2.24, 2.45) is 0 Å². The van der Waals surface area contributed by atoms with E-state index in [0.29, 0.717) is 11.6 Å². The maximum atomic E-state index is 5.84. The Morgan fingerprint density at radius 3 is 2.56 bits per heavy atom. The summed E-state index contributed by atoms with van der Waals surface area (Å²) in [7, 11) is 1.63. The third-order valence-electron chi connectivity index (χ3n) is 2.64. The van der Waals surface area contributed by atoms with Gasteiger partial charge in [-0.15, -0.1) is 0 Å². The average molecular weight is 308 g/mol. The first-order chi connectivity index (χ1) is 8.52. The predicted octanol–water partition coefficient (Wildman–Crippen LogP) is 3.11. The van der Waals surface area contributed by atoms with Gasteiger partial charge in [-0.2, -0.15) is 0 Å². The van der Waals surface area contributed by atoms with Crippen molar-refractivity contribution in [1.29, 1.82) is 0 Å². The van der Waals surface area contributed by atoms with E-state index in [0.717, 1.165) is 27.0 Å². The van der Waals surface area contributed by atoms with Crippen molar-refractivity contribution in [3.8, 4) is 17.1 Å². The Bertz CT molecular complexity index is 576. The molecule has 1 heterocycles. The number of nitrogen functional groups attached to an aromatic ring is 1. The van der Waals surface area contributed by atoms with Gasteiger partial charge in [-0.25, -0.2) is 9.97 Å². The van der Waals surface area contributed by atoms with Crippen LogP contribution >= 0.6 is 15.9 Å². The van der Waals surface area contributed by atoms with Gasteiger partial charge in [-0.05, 0) is 47.5 Å². The van der Waals surface area contributed by atoms with Crippen LogP contribution in [0.15, 0.2) is 22.7 Å². The summed E-state index contributed by atoms with van der Waals surface area (Å²) in [4.78, 5) is 8.71. The van der Waals surface area contributed by atoms with E-state index < -0.39 is 0 Å². The molecule has 0 aliphatic carbocycles.